The maximum atomic E-state index is 13.4. The summed E-state index contributed by atoms with van der Waals surface area (Å²) in [7, 11) is -3.26. The number of ether oxygens (including phenoxy) is 4. The van der Waals surface area contributed by atoms with Crippen molar-refractivity contribution < 1.29 is 47.9 Å². The van der Waals surface area contributed by atoms with E-state index in [0.29, 0.717) is 14.6 Å². The molecule has 16 nitrogen and oxygen atoms in total. The van der Waals surface area contributed by atoms with E-state index in [0.717, 1.165) is 32.1 Å². The normalized spacial score (nSPS) is 24.8. The van der Waals surface area contributed by atoms with Gasteiger partial charge in [-0.2, -0.15) is 15.1 Å². The van der Waals surface area contributed by atoms with E-state index in [9.17, 15) is 24.5 Å². The average Bonchev–Trinajstić information content (AvgIpc) is 3.50. The molecule has 0 radical (unpaired) electrons. The van der Waals surface area contributed by atoms with Crippen LogP contribution in [0.4, 0.5) is 5.95 Å². The number of anilines is 1. The molecule has 2 fully saturated rings. The van der Waals surface area contributed by atoms with Crippen molar-refractivity contribution in [3.05, 3.63) is 40.2 Å². The Morgan fingerprint density at radius 3 is 2.67 bits per heavy atom. The molecule has 264 valence electrons. The van der Waals surface area contributed by atoms with Gasteiger partial charge in [0.15, 0.2) is 32.7 Å². The van der Waals surface area contributed by atoms with Gasteiger partial charge in [-0.1, -0.05) is 36.8 Å². The maximum Gasteiger partial charge on any atom is 0.457 e. The van der Waals surface area contributed by atoms with E-state index < -0.39 is 43.8 Å². The summed E-state index contributed by atoms with van der Waals surface area (Å²) in [5, 5.41) is 26.3. The maximum absolute atomic E-state index is 13.4. The van der Waals surface area contributed by atoms with Crippen molar-refractivity contribution in [1.82, 2.24) is 24.6 Å². The van der Waals surface area contributed by atoms with Crippen LogP contribution < -0.4 is 24.8 Å². The smallest absolute Gasteiger partial charge is 0.457 e. The number of hydrogen-bond donors (Lipinski definition) is 5. The Balaban J connectivity index is 1.22. The number of aliphatic hydroxyl groups excluding tert-OH is 1. The van der Waals surface area contributed by atoms with Crippen LogP contribution in [0, 0.1) is 3.83 Å². The van der Waals surface area contributed by atoms with E-state index in [1.54, 1.807) is 36.4 Å². The molecular weight excluding hydrogens is 774 g/mol. The van der Waals surface area contributed by atoms with Crippen LogP contribution in [-0.2, 0) is 18.8 Å². The number of imidazole rings is 1. The van der Waals surface area contributed by atoms with Crippen LogP contribution in [0.2, 0.25) is 0 Å². The number of fused-ring (bicyclic) bond motifs is 2. The first-order chi connectivity index (χ1) is 23.3. The number of halogens is 1. The third-order valence-corrected chi connectivity index (χ3v) is 10.6. The third kappa shape index (κ3) is 7.29. The fourth-order valence-corrected chi connectivity index (χ4v) is 7.95. The Labute approximate surface area is 295 Å². The summed E-state index contributed by atoms with van der Waals surface area (Å²) in [4.78, 5) is 36.4. The van der Waals surface area contributed by atoms with Crippen LogP contribution in [0.1, 0.15) is 52.2 Å². The lowest BCUT2D eigenvalue weighted by molar-refractivity contribution is -0.152. The number of rotatable bonds is 11. The van der Waals surface area contributed by atoms with Crippen LogP contribution in [-0.4, -0.2) is 84.3 Å². The summed E-state index contributed by atoms with van der Waals surface area (Å²) in [6.45, 7) is 2.53. The van der Waals surface area contributed by atoms with Crippen LogP contribution in [0.25, 0.3) is 21.9 Å². The number of carbonyl (C=O) groups is 1. The summed E-state index contributed by atoms with van der Waals surface area (Å²) in [5.41, 5.74) is 4.54. The minimum absolute atomic E-state index is 0.0546. The molecule has 0 bridgehead atoms. The van der Waals surface area contributed by atoms with E-state index >= 15 is 0 Å². The fraction of sp³-hybridized carbons (Fsp3) is 0.484. The first-order valence-electron chi connectivity index (χ1n) is 15.7. The molecule has 18 heteroatoms. The van der Waals surface area contributed by atoms with Crippen molar-refractivity contribution in [1.29, 1.82) is 0 Å². The molecule has 1 saturated carbocycles. The second-order valence-electron chi connectivity index (χ2n) is 12.3. The summed E-state index contributed by atoms with van der Waals surface area (Å²) in [6, 6.07) is 9.15. The van der Waals surface area contributed by atoms with E-state index in [2.05, 4.69) is 20.0 Å². The average molecular weight is 813 g/mol. The lowest BCUT2D eigenvalue weighted by Crippen LogP contribution is -2.45. The molecule has 2 aliphatic rings. The molecule has 6 rings (SSSR count). The number of methoxy groups -OCH3 is 1. The van der Waals surface area contributed by atoms with Crippen molar-refractivity contribution in [3.63, 3.8) is 0 Å². The Morgan fingerprint density at radius 2 is 1.94 bits per heavy atom. The van der Waals surface area contributed by atoms with E-state index in [1.807, 2.05) is 22.6 Å². The van der Waals surface area contributed by atoms with Crippen molar-refractivity contribution in [2.45, 2.75) is 82.1 Å². The Bertz CT molecular complexity index is 1900. The molecule has 1 aliphatic heterocycles. The molecule has 3 heterocycles. The molecule has 0 spiro atoms. The number of esters is 1. The molecular formula is C31H38IN6O10P. The van der Waals surface area contributed by atoms with Crippen molar-refractivity contribution >= 4 is 64.2 Å². The van der Waals surface area contributed by atoms with Gasteiger partial charge in [0.1, 0.15) is 36.6 Å². The molecule has 0 amide bonds. The number of aromatic nitrogens is 4. The number of aliphatic hydroxyl groups is 2. The second-order valence-corrected chi connectivity index (χ2v) is 14.7. The van der Waals surface area contributed by atoms with E-state index in [4.69, 9.17) is 29.2 Å². The predicted molar refractivity (Wildman–Crippen MR) is 185 cm³/mol. The van der Waals surface area contributed by atoms with Gasteiger partial charge in [-0.05, 0) is 51.0 Å². The second kappa shape index (κ2) is 14.1. The van der Waals surface area contributed by atoms with Crippen molar-refractivity contribution in [2.75, 3.05) is 19.5 Å². The van der Waals surface area contributed by atoms with Gasteiger partial charge in [0, 0.05) is 28.0 Å². The SMILES string of the molecule is COc1nc(N)nc2c1nc(I)n2[C@@H]1O[C@H](COc2ccc3ccccc3c2OP(=O)(O)N[C@@H](C)C(=O)OC2CCCCC2)[C@@H](O)[C@@]1(C)O. The fourth-order valence-electron chi connectivity index (χ4n) is 6.14. The van der Waals surface area contributed by atoms with Crippen LogP contribution in [0.5, 0.6) is 17.4 Å². The topological polar surface area (TPSA) is 223 Å². The number of nitrogens with one attached hydrogen (secondary N) is 1. The minimum Gasteiger partial charge on any atom is -0.487 e. The highest BCUT2D eigenvalue weighted by atomic mass is 127. The Morgan fingerprint density at radius 1 is 1.20 bits per heavy atom. The molecule has 2 aromatic heterocycles. The van der Waals surface area contributed by atoms with Gasteiger partial charge in [-0.15, -0.1) is 0 Å². The number of carbonyl (C=O) groups excluding carboxylic acids is 1. The zero-order valence-corrected chi connectivity index (χ0v) is 30.0. The lowest BCUT2D eigenvalue weighted by atomic mass is 9.96. The van der Waals surface area contributed by atoms with Gasteiger partial charge >= 0.3 is 13.7 Å². The van der Waals surface area contributed by atoms with Gasteiger partial charge in [-0.3, -0.25) is 9.36 Å². The van der Waals surface area contributed by atoms with Gasteiger partial charge in [0.25, 0.3) is 0 Å². The molecule has 6 atom stereocenters. The standard InChI is InChI=1S/C31H38IN6O10P/c1-16(27(40)46-18-10-5-4-6-11-18)37-49(42,43)48-23-19-12-8-7-9-17(19)13-14-20(23)45-15-21-24(39)31(2,41)28(47-21)38-25-22(34-29(38)32)26(44-3)36-30(33)35-25/h7-9,12-14,16,18,21,24,28,39,41H,4-6,10-11,15H2,1-3H3,(H2,33,35,36)(H2,37,42,43)/t16-,21+,24+,28+,31+/m0/s1. The van der Waals surface area contributed by atoms with Gasteiger partial charge in [-0.25, -0.2) is 9.55 Å². The van der Waals surface area contributed by atoms with E-state index in [1.165, 1.54) is 25.5 Å². The highest BCUT2D eigenvalue weighted by Gasteiger charge is 2.54. The largest absolute Gasteiger partial charge is 0.487 e. The Kier molecular flexibility index (Phi) is 10.2. The van der Waals surface area contributed by atoms with Crippen molar-refractivity contribution in [2.24, 2.45) is 0 Å². The zero-order chi connectivity index (χ0) is 35.1. The Hall–Kier alpha value is -3.32. The number of nitrogen functional groups attached to an aromatic ring is 1. The summed E-state index contributed by atoms with van der Waals surface area (Å²) in [5.74, 6) is -0.628. The molecule has 4 aromatic rings. The molecule has 1 aliphatic carbocycles. The first kappa shape index (κ1) is 35.5. The van der Waals surface area contributed by atoms with Gasteiger partial charge < -0.3 is 44.3 Å². The molecule has 1 unspecified atom stereocenters. The summed E-state index contributed by atoms with van der Waals surface area (Å²) in [6.07, 6.45) is 0.571. The van der Waals surface area contributed by atoms with Crippen LogP contribution in [0.15, 0.2) is 36.4 Å². The van der Waals surface area contributed by atoms with Gasteiger partial charge in [0.05, 0.1) is 7.11 Å². The summed E-state index contributed by atoms with van der Waals surface area (Å²) < 4.78 is 44.0. The number of nitrogens with zero attached hydrogens (tertiary/aromatic N) is 4. The number of hydrogen-bond acceptors (Lipinski definition) is 13. The van der Waals surface area contributed by atoms with E-state index in [-0.39, 0.29) is 47.2 Å². The molecule has 49 heavy (non-hydrogen) atoms. The van der Waals surface area contributed by atoms with Crippen LogP contribution in [0.3, 0.4) is 0 Å². The monoisotopic (exact) mass is 812 g/mol. The lowest BCUT2D eigenvalue weighted by Gasteiger charge is -2.27. The molecule has 1 saturated heterocycles. The number of benzene rings is 2. The third-order valence-electron chi connectivity index (χ3n) is 8.67. The zero-order valence-electron chi connectivity index (χ0n) is 27.0. The quantitative estimate of drug-likeness (QED) is 0.0632. The highest BCUT2D eigenvalue weighted by Crippen LogP contribution is 2.47. The van der Waals surface area contributed by atoms with Crippen molar-refractivity contribution in [3.8, 4) is 17.4 Å². The van der Waals surface area contributed by atoms with Gasteiger partial charge in [0.2, 0.25) is 11.8 Å². The minimum atomic E-state index is -4.67. The molecule has 2 aromatic carbocycles. The highest BCUT2D eigenvalue weighted by molar-refractivity contribution is 14.1. The predicted octanol–water partition coefficient (Wildman–Crippen LogP) is 3.60. The number of nitrogens with two attached hydrogens (primary N) is 1. The summed E-state index contributed by atoms with van der Waals surface area (Å²) >= 11 is 1.94. The first-order valence-corrected chi connectivity index (χ1v) is 18.4. The molecule has 6 N–H and O–H groups in total. The van der Waals surface area contributed by atoms with Crippen LogP contribution >= 0.6 is 30.3 Å².